The Morgan fingerprint density at radius 2 is 1.89 bits per heavy atom. The van der Waals surface area contributed by atoms with Crippen molar-refractivity contribution in [3.63, 3.8) is 0 Å². The molecule has 0 bridgehead atoms. The molecule has 0 N–H and O–H groups in total. The van der Waals surface area contributed by atoms with Gasteiger partial charge in [-0.2, -0.15) is 0 Å². The predicted octanol–water partition coefficient (Wildman–Crippen LogP) is 3.70. The van der Waals surface area contributed by atoms with Gasteiger partial charge in [0.1, 0.15) is 19.0 Å². The summed E-state index contributed by atoms with van der Waals surface area (Å²) in [5.41, 5.74) is 1.71. The molecule has 0 heterocycles. The third-order valence-electron chi connectivity index (χ3n) is 3.00. The van der Waals surface area contributed by atoms with Crippen molar-refractivity contribution in [1.82, 2.24) is 0 Å². The lowest BCUT2D eigenvalue weighted by molar-refractivity contribution is -0.139. The van der Waals surface area contributed by atoms with E-state index in [4.69, 9.17) is 9.47 Å². The van der Waals surface area contributed by atoms with Crippen molar-refractivity contribution >= 4 is 5.97 Å². The van der Waals surface area contributed by atoms with Crippen LogP contribution in [-0.4, -0.2) is 19.2 Å². The van der Waals surface area contributed by atoms with Crippen molar-refractivity contribution in [3.8, 4) is 5.75 Å². The normalized spacial score (nSPS) is 11.7. The van der Waals surface area contributed by atoms with Crippen LogP contribution in [0.2, 0.25) is 0 Å². The van der Waals surface area contributed by atoms with Gasteiger partial charge in [0.2, 0.25) is 0 Å². The fraction of sp³-hybridized carbons (Fsp3) is 0.438. The summed E-state index contributed by atoms with van der Waals surface area (Å²) in [7, 11) is 0. The van der Waals surface area contributed by atoms with E-state index in [0.29, 0.717) is 18.1 Å². The molecule has 0 radical (unpaired) electrons. The minimum atomic E-state index is -0.379. The van der Waals surface area contributed by atoms with Crippen LogP contribution in [0.5, 0.6) is 5.75 Å². The zero-order chi connectivity index (χ0) is 14.3. The van der Waals surface area contributed by atoms with E-state index in [9.17, 15) is 4.79 Å². The summed E-state index contributed by atoms with van der Waals surface area (Å²) in [5.74, 6) is 0.972. The van der Waals surface area contributed by atoms with Crippen LogP contribution < -0.4 is 4.74 Å². The SMILES string of the molecule is C=C(C)C(=O)OCCOc1ccc(C(C)CC)cc1. The third-order valence-corrected chi connectivity index (χ3v) is 3.00. The summed E-state index contributed by atoms with van der Waals surface area (Å²) in [6.45, 7) is 10.1. The first-order valence-electron chi connectivity index (χ1n) is 6.60. The maximum atomic E-state index is 11.1. The van der Waals surface area contributed by atoms with Crippen LogP contribution in [0, 0.1) is 0 Å². The number of carbonyl (C=O) groups excluding carboxylic acids is 1. The van der Waals surface area contributed by atoms with Crippen molar-refractivity contribution in [2.45, 2.75) is 33.1 Å². The monoisotopic (exact) mass is 262 g/mol. The second kappa shape index (κ2) is 7.62. The van der Waals surface area contributed by atoms with E-state index in [-0.39, 0.29) is 12.6 Å². The van der Waals surface area contributed by atoms with Crippen LogP contribution in [0.3, 0.4) is 0 Å². The Bertz CT molecular complexity index is 420. The van der Waals surface area contributed by atoms with Gasteiger partial charge in [0.05, 0.1) is 0 Å². The van der Waals surface area contributed by atoms with Crippen LogP contribution in [-0.2, 0) is 9.53 Å². The summed E-state index contributed by atoms with van der Waals surface area (Å²) < 4.78 is 10.4. The molecule has 0 saturated carbocycles. The molecule has 0 aliphatic heterocycles. The first-order valence-corrected chi connectivity index (χ1v) is 6.60. The minimum absolute atomic E-state index is 0.235. The molecular weight excluding hydrogens is 240 g/mol. The average molecular weight is 262 g/mol. The Kier molecular flexibility index (Phi) is 6.13. The summed E-state index contributed by atoms with van der Waals surface area (Å²) in [5, 5.41) is 0. The van der Waals surface area contributed by atoms with Gasteiger partial charge in [0, 0.05) is 5.57 Å². The molecule has 0 fully saturated rings. The van der Waals surface area contributed by atoms with E-state index in [1.54, 1.807) is 6.92 Å². The maximum Gasteiger partial charge on any atom is 0.333 e. The van der Waals surface area contributed by atoms with Crippen LogP contribution >= 0.6 is 0 Å². The lowest BCUT2D eigenvalue weighted by Gasteiger charge is -2.11. The Morgan fingerprint density at radius 1 is 1.26 bits per heavy atom. The van der Waals surface area contributed by atoms with Gasteiger partial charge in [-0.3, -0.25) is 0 Å². The van der Waals surface area contributed by atoms with Crippen LogP contribution in [0.1, 0.15) is 38.7 Å². The van der Waals surface area contributed by atoms with Gasteiger partial charge >= 0.3 is 5.97 Å². The first-order chi connectivity index (χ1) is 9.04. The molecule has 104 valence electrons. The van der Waals surface area contributed by atoms with Gasteiger partial charge < -0.3 is 9.47 Å². The van der Waals surface area contributed by atoms with E-state index >= 15 is 0 Å². The highest BCUT2D eigenvalue weighted by atomic mass is 16.6. The molecule has 0 aliphatic carbocycles. The second-order valence-corrected chi connectivity index (χ2v) is 4.64. The fourth-order valence-corrected chi connectivity index (χ4v) is 1.55. The van der Waals surface area contributed by atoms with Gasteiger partial charge in [-0.15, -0.1) is 0 Å². The van der Waals surface area contributed by atoms with Crippen molar-refractivity contribution in [2.75, 3.05) is 13.2 Å². The molecule has 1 aromatic carbocycles. The van der Waals surface area contributed by atoms with Crippen molar-refractivity contribution in [1.29, 1.82) is 0 Å². The van der Waals surface area contributed by atoms with Crippen molar-refractivity contribution < 1.29 is 14.3 Å². The predicted molar refractivity (Wildman–Crippen MR) is 76.4 cm³/mol. The van der Waals surface area contributed by atoms with Crippen molar-refractivity contribution in [2.24, 2.45) is 0 Å². The Hall–Kier alpha value is -1.77. The molecule has 3 heteroatoms. The zero-order valence-corrected chi connectivity index (χ0v) is 11.9. The summed E-state index contributed by atoms with van der Waals surface area (Å²) in [4.78, 5) is 11.1. The molecular formula is C16H22O3. The van der Waals surface area contributed by atoms with E-state index in [1.165, 1.54) is 5.56 Å². The average Bonchev–Trinajstić information content (AvgIpc) is 2.43. The number of hydrogen-bond acceptors (Lipinski definition) is 3. The van der Waals surface area contributed by atoms with E-state index < -0.39 is 0 Å². The quantitative estimate of drug-likeness (QED) is 0.427. The number of esters is 1. The molecule has 0 saturated heterocycles. The Balaban J connectivity index is 2.34. The molecule has 19 heavy (non-hydrogen) atoms. The standard InChI is InChI=1S/C16H22O3/c1-5-13(4)14-6-8-15(9-7-14)18-10-11-19-16(17)12(2)3/h6-9,13H,2,5,10-11H2,1,3-4H3. The first kappa shape index (κ1) is 15.3. The zero-order valence-electron chi connectivity index (χ0n) is 11.9. The summed E-state index contributed by atoms with van der Waals surface area (Å²) in [6, 6.07) is 8.04. The Labute approximate surface area is 115 Å². The Morgan fingerprint density at radius 3 is 2.42 bits per heavy atom. The lowest BCUT2D eigenvalue weighted by Crippen LogP contribution is -2.12. The molecule has 3 nitrogen and oxygen atoms in total. The fourth-order valence-electron chi connectivity index (χ4n) is 1.55. The number of hydrogen-bond donors (Lipinski definition) is 0. The van der Waals surface area contributed by atoms with Gasteiger partial charge in [-0.05, 0) is 37.0 Å². The smallest absolute Gasteiger partial charge is 0.333 e. The molecule has 0 amide bonds. The number of benzene rings is 1. The van der Waals surface area contributed by atoms with Gasteiger partial charge in [-0.25, -0.2) is 4.79 Å². The van der Waals surface area contributed by atoms with Gasteiger partial charge in [-0.1, -0.05) is 32.6 Å². The second-order valence-electron chi connectivity index (χ2n) is 4.64. The molecule has 0 aliphatic rings. The molecule has 1 atom stereocenters. The van der Waals surface area contributed by atoms with Gasteiger partial charge in [0.25, 0.3) is 0 Å². The lowest BCUT2D eigenvalue weighted by atomic mass is 9.99. The molecule has 0 aromatic heterocycles. The highest BCUT2D eigenvalue weighted by molar-refractivity contribution is 5.86. The molecule has 1 rings (SSSR count). The minimum Gasteiger partial charge on any atom is -0.490 e. The molecule has 1 unspecified atom stereocenters. The highest BCUT2D eigenvalue weighted by Gasteiger charge is 2.04. The van der Waals surface area contributed by atoms with Crippen LogP contribution in [0.15, 0.2) is 36.4 Å². The van der Waals surface area contributed by atoms with Crippen molar-refractivity contribution in [3.05, 3.63) is 42.0 Å². The number of ether oxygens (including phenoxy) is 2. The van der Waals surface area contributed by atoms with E-state index in [0.717, 1.165) is 12.2 Å². The highest BCUT2D eigenvalue weighted by Crippen LogP contribution is 2.21. The number of carbonyl (C=O) groups is 1. The molecule has 0 spiro atoms. The topological polar surface area (TPSA) is 35.5 Å². The van der Waals surface area contributed by atoms with Gasteiger partial charge in [0.15, 0.2) is 0 Å². The van der Waals surface area contributed by atoms with Crippen LogP contribution in [0.4, 0.5) is 0 Å². The molecule has 1 aromatic rings. The number of rotatable bonds is 7. The summed E-state index contributed by atoms with van der Waals surface area (Å²) >= 11 is 0. The van der Waals surface area contributed by atoms with E-state index in [2.05, 4.69) is 32.6 Å². The maximum absolute atomic E-state index is 11.1. The van der Waals surface area contributed by atoms with E-state index in [1.807, 2.05) is 12.1 Å². The van der Waals surface area contributed by atoms with Crippen LogP contribution in [0.25, 0.3) is 0 Å². The summed E-state index contributed by atoms with van der Waals surface area (Å²) in [6.07, 6.45) is 1.12. The third kappa shape index (κ3) is 5.16. The largest absolute Gasteiger partial charge is 0.490 e.